The van der Waals surface area contributed by atoms with E-state index in [1.807, 2.05) is 0 Å². The van der Waals surface area contributed by atoms with Crippen LogP contribution >= 0.6 is 11.3 Å². The maximum atomic E-state index is 11.9. The van der Waals surface area contributed by atoms with E-state index in [4.69, 9.17) is 5.11 Å². The van der Waals surface area contributed by atoms with Crippen LogP contribution < -0.4 is 0 Å². The molecule has 1 N–H and O–H groups in total. The van der Waals surface area contributed by atoms with Gasteiger partial charge < -0.3 is 5.11 Å². The minimum absolute atomic E-state index is 0.0970. The van der Waals surface area contributed by atoms with Crippen molar-refractivity contribution < 1.29 is 23.1 Å². The molecule has 8 heteroatoms. The molecule has 2 heterocycles. The minimum Gasteiger partial charge on any atom is -0.477 e. The quantitative estimate of drug-likeness (QED) is 0.906. The molecule has 104 valence electrons. The molecule has 1 fully saturated rings. The average molecular weight is 303 g/mol. The lowest BCUT2D eigenvalue weighted by molar-refractivity contribution is -0.132. The highest BCUT2D eigenvalue weighted by molar-refractivity contribution is 7.94. The van der Waals surface area contributed by atoms with Gasteiger partial charge >= 0.3 is 5.97 Å². The monoisotopic (exact) mass is 303 g/mol. The SMILES string of the molecule is Cc1sc(C(=O)O)cc1CN1C(=O)C(C)(C)S1(=O)=O. The number of carbonyl (C=O) groups excluding carboxylic acids is 1. The zero-order chi connectivity index (χ0) is 14.6. The average Bonchev–Trinajstić information content (AvgIpc) is 2.66. The maximum Gasteiger partial charge on any atom is 0.345 e. The molecular formula is C11H13NO5S2. The second-order valence-corrected chi connectivity index (χ2v) is 8.49. The fourth-order valence-corrected chi connectivity index (χ4v) is 4.23. The number of aryl methyl sites for hydroxylation is 1. The molecule has 1 aromatic rings. The molecule has 1 aliphatic rings. The Morgan fingerprint density at radius 2 is 2.05 bits per heavy atom. The molecule has 0 saturated carbocycles. The van der Waals surface area contributed by atoms with Crippen molar-refractivity contribution in [3.63, 3.8) is 0 Å². The summed E-state index contributed by atoms with van der Waals surface area (Å²) >= 11 is 1.07. The molecule has 6 nitrogen and oxygen atoms in total. The van der Waals surface area contributed by atoms with Gasteiger partial charge in [0, 0.05) is 4.88 Å². The summed E-state index contributed by atoms with van der Waals surface area (Å²) < 4.78 is 23.3. The second kappa shape index (κ2) is 4.04. The van der Waals surface area contributed by atoms with Crippen LogP contribution in [0.15, 0.2) is 6.07 Å². The number of thiophene rings is 1. The van der Waals surface area contributed by atoms with E-state index >= 15 is 0 Å². The molecular weight excluding hydrogens is 290 g/mol. The molecule has 0 aromatic carbocycles. The molecule has 19 heavy (non-hydrogen) atoms. The van der Waals surface area contributed by atoms with E-state index in [-0.39, 0.29) is 11.4 Å². The highest BCUT2D eigenvalue weighted by Gasteiger charge is 2.59. The van der Waals surface area contributed by atoms with Crippen LogP contribution in [0, 0.1) is 6.92 Å². The number of aromatic carboxylic acids is 1. The number of rotatable bonds is 3. The fourth-order valence-electron chi connectivity index (χ4n) is 1.85. The standard InChI is InChI=1S/C11H13NO5S2/c1-6-7(4-8(18-6)9(13)14)5-12-10(15)11(2,3)19(12,16)17/h4H,5H2,1-3H3,(H,13,14). The first kappa shape index (κ1) is 14.0. The fraction of sp³-hybridized carbons (Fsp3) is 0.455. The maximum absolute atomic E-state index is 11.9. The lowest BCUT2D eigenvalue weighted by atomic mass is 10.1. The molecule has 0 spiro atoms. The summed E-state index contributed by atoms with van der Waals surface area (Å²) in [7, 11) is -3.63. The number of nitrogens with zero attached hydrogens (tertiary/aromatic N) is 1. The summed E-state index contributed by atoms with van der Waals surface area (Å²) in [6, 6.07) is 1.41. The second-order valence-electron chi connectivity index (χ2n) is 4.82. The van der Waals surface area contributed by atoms with E-state index in [2.05, 4.69) is 0 Å². The van der Waals surface area contributed by atoms with Gasteiger partial charge in [0.25, 0.3) is 15.9 Å². The molecule has 0 aliphatic carbocycles. The summed E-state index contributed by atoms with van der Waals surface area (Å²) in [5, 5.41) is 8.88. The molecule has 1 amide bonds. The van der Waals surface area contributed by atoms with Crippen molar-refractivity contribution in [1.82, 2.24) is 4.31 Å². The summed E-state index contributed by atoms with van der Waals surface area (Å²) in [6.07, 6.45) is 0. The van der Waals surface area contributed by atoms with Gasteiger partial charge in [-0.05, 0) is 32.4 Å². The number of hydrogen-bond acceptors (Lipinski definition) is 5. The van der Waals surface area contributed by atoms with Crippen LogP contribution in [0.5, 0.6) is 0 Å². The molecule has 0 bridgehead atoms. The van der Waals surface area contributed by atoms with Gasteiger partial charge in [0.2, 0.25) is 0 Å². The molecule has 0 radical (unpaired) electrons. The summed E-state index contributed by atoms with van der Waals surface area (Å²) in [6.45, 7) is 4.34. The smallest absolute Gasteiger partial charge is 0.345 e. The van der Waals surface area contributed by atoms with Crippen LogP contribution in [0.25, 0.3) is 0 Å². The molecule has 1 aliphatic heterocycles. The normalized spacial score (nSPS) is 20.2. The summed E-state index contributed by atoms with van der Waals surface area (Å²) in [5.41, 5.74) is 0.551. The lowest BCUT2D eigenvalue weighted by Crippen LogP contribution is -2.66. The van der Waals surface area contributed by atoms with Crippen molar-refractivity contribution in [2.45, 2.75) is 32.1 Å². The van der Waals surface area contributed by atoms with Gasteiger partial charge in [-0.25, -0.2) is 17.5 Å². The number of hydrogen-bond donors (Lipinski definition) is 1. The van der Waals surface area contributed by atoms with Crippen molar-refractivity contribution in [2.24, 2.45) is 0 Å². The molecule has 1 aromatic heterocycles. The van der Waals surface area contributed by atoms with Crippen molar-refractivity contribution in [3.05, 3.63) is 21.4 Å². The third-order valence-corrected chi connectivity index (χ3v) is 6.64. The lowest BCUT2D eigenvalue weighted by Gasteiger charge is -2.43. The van der Waals surface area contributed by atoms with Gasteiger partial charge in [-0.1, -0.05) is 0 Å². The predicted molar refractivity (Wildman–Crippen MR) is 69.6 cm³/mol. The van der Waals surface area contributed by atoms with Gasteiger partial charge in [-0.2, -0.15) is 0 Å². The predicted octanol–water partition coefficient (Wildman–Crippen LogP) is 1.21. The molecule has 2 rings (SSSR count). The zero-order valence-corrected chi connectivity index (χ0v) is 12.3. The highest BCUT2D eigenvalue weighted by Crippen LogP contribution is 2.37. The summed E-state index contributed by atoms with van der Waals surface area (Å²) in [5.74, 6) is -1.52. The van der Waals surface area contributed by atoms with E-state index in [0.29, 0.717) is 10.4 Å². The molecule has 0 atom stereocenters. The van der Waals surface area contributed by atoms with Gasteiger partial charge in [-0.15, -0.1) is 11.3 Å². The number of sulfonamides is 1. The van der Waals surface area contributed by atoms with Crippen molar-refractivity contribution in [2.75, 3.05) is 0 Å². The van der Waals surface area contributed by atoms with E-state index < -0.39 is 26.6 Å². The number of carboxylic acids is 1. The van der Waals surface area contributed by atoms with Crippen molar-refractivity contribution in [1.29, 1.82) is 0 Å². The van der Waals surface area contributed by atoms with Crippen LogP contribution in [0.1, 0.15) is 34.0 Å². The van der Waals surface area contributed by atoms with E-state index in [9.17, 15) is 18.0 Å². The van der Waals surface area contributed by atoms with Crippen molar-refractivity contribution >= 4 is 33.2 Å². The van der Waals surface area contributed by atoms with E-state index in [1.54, 1.807) is 6.92 Å². The Kier molecular flexibility index (Phi) is 2.98. The number of carboxylic acid groups (broad SMARTS) is 1. The number of carbonyl (C=O) groups is 2. The van der Waals surface area contributed by atoms with Gasteiger partial charge in [0.1, 0.15) is 4.88 Å². The molecule has 1 saturated heterocycles. The molecule has 0 unspecified atom stereocenters. The Bertz CT molecular complexity index is 671. The zero-order valence-electron chi connectivity index (χ0n) is 10.6. The van der Waals surface area contributed by atoms with Crippen LogP contribution in [-0.4, -0.2) is 34.5 Å². The first-order valence-corrected chi connectivity index (χ1v) is 7.74. The Hall–Kier alpha value is -1.41. The Labute approximate surface area is 114 Å². The van der Waals surface area contributed by atoms with Gasteiger partial charge in [0.15, 0.2) is 4.75 Å². The third kappa shape index (κ3) is 1.86. The van der Waals surface area contributed by atoms with Crippen LogP contribution in [0.3, 0.4) is 0 Å². The van der Waals surface area contributed by atoms with Crippen LogP contribution in [0.2, 0.25) is 0 Å². The van der Waals surface area contributed by atoms with Crippen LogP contribution in [0.4, 0.5) is 0 Å². The van der Waals surface area contributed by atoms with E-state index in [1.165, 1.54) is 19.9 Å². The van der Waals surface area contributed by atoms with Gasteiger partial charge in [0.05, 0.1) is 6.54 Å². The Balaban J connectivity index is 2.29. The Morgan fingerprint density at radius 1 is 1.47 bits per heavy atom. The largest absolute Gasteiger partial charge is 0.477 e. The third-order valence-electron chi connectivity index (χ3n) is 3.22. The van der Waals surface area contributed by atoms with Crippen LogP contribution in [-0.2, 0) is 21.4 Å². The number of amides is 1. The first-order valence-electron chi connectivity index (χ1n) is 5.48. The minimum atomic E-state index is -3.63. The summed E-state index contributed by atoms with van der Waals surface area (Å²) in [4.78, 5) is 23.5. The first-order chi connectivity index (χ1) is 8.59. The van der Waals surface area contributed by atoms with E-state index in [0.717, 1.165) is 15.6 Å². The highest BCUT2D eigenvalue weighted by atomic mass is 32.2. The topological polar surface area (TPSA) is 91.8 Å². The van der Waals surface area contributed by atoms with Crippen molar-refractivity contribution in [3.8, 4) is 0 Å². The Morgan fingerprint density at radius 3 is 2.47 bits per heavy atom. The van der Waals surface area contributed by atoms with Gasteiger partial charge in [-0.3, -0.25) is 4.79 Å².